The lowest BCUT2D eigenvalue weighted by molar-refractivity contribution is 0.386. The lowest BCUT2D eigenvalue weighted by atomic mass is 9.98. The molecule has 2 unspecified atom stereocenters. The summed E-state index contributed by atoms with van der Waals surface area (Å²) in [4.78, 5) is 0. The first-order chi connectivity index (χ1) is 8.15. The zero-order valence-electron chi connectivity index (χ0n) is 11.7. The molecule has 0 fully saturated rings. The van der Waals surface area contributed by atoms with Crippen molar-refractivity contribution in [2.75, 3.05) is 6.54 Å². The van der Waals surface area contributed by atoms with E-state index in [-0.39, 0.29) is 0 Å². The van der Waals surface area contributed by atoms with Gasteiger partial charge < -0.3 is 5.32 Å². The van der Waals surface area contributed by atoms with Gasteiger partial charge in [0.2, 0.25) is 0 Å². The molecule has 0 amide bonds. The molecule has 98 valence electrons. The van der Waals surface area contributed by atoms with Crippen LogP contribution in [0.2, 0.25) is 0 Å². The van der Waals surface area contributed by atoms with Crippen molar-refractivity contribution in [3.05, 3.63) is 18.0 Å². The maximum absolute atomic E-state index is 4.39. The Balaban J connectivity index is 2.23. The van der Waals surface area contributed by atoms with Crippen molar-refractivity contribution in [1.29, 1.82) is 0 Å². The van der Waals surface area contributed by atoms with Crippen LogP contribution in [0.25, 0.3) is 0 Å². The van der Waals surface area contributed by atoms with E-state index in [1.165, 1.54) is 25.0 Å². The number of nitrogens with zero attached hydrogens (tertiary/aromatic N) is 2. The fourth-order valence-electron chi connectivity index (χ4n) is 2.05. The Morgan fingerprint density at radius 2 is 2.12 bits per heavy atom. The van der Waals surface area contributed by atoms with E-state index in [4.69, 9.17) is 0 Å². The normalized spacial score (nSPS) is 14.8. The standard InChI is InChI=1S/C14H27N3/c1-5-12(3)11-13(6-2)15-9-7-14-8-10-17(4)16-14/h8,10,12-13,15H,5-7,9,11H2,1-4H3. The lowest BCUT2D eigenvalue weighted by Gasteiger charge is -2.20. The van der Waals surface area contributed by atoms with Crippen LogP contribution in [0.15, 0.2) is 12.3 Å². The molecule has 0 spiro atoms. The van der Waals surface area contributed by atoms with Gasteiger partial charge in [0.25, 0.3) is 0 Å². The number of nitrogens with one attached hydrogen (secondary N) is 1. The van der Waals surface area contributed by atoms with Gasteiger partial charge in [-0.05, 0) is 24.8 Å². The molecule has 1 aromatic heterocycles. The highest BCUT2D eigenvalue weighted by molar-refractivity contribution is 4.99. The third kappa shape index (κ3) is 5.35. The summed E-state index contributed by atoms with van der Waals surface area (Å²) in [5.41, 5.74) is 1.18. The van der Waals surface area contributed by atoms with E-state index in [0.717, 1.165) is 18.9 Å². The summed E-state index contributed by atoms with van der Waals surface area (Å²) in [5.74, 6) is 0.822. The molecule has 0 aromatic carbocycles. The number of rotatable bonds is 8. The average molecular weight is 237 g/mol. The summed E-state index contributed by atoms with van der Waals surface area (Å²) < 4.78 is 1.87. The van der Waals surface area contributed by atoms with Gasteiger partial charge in [-0.3, -0.25) is 4.68 Å². The Bertz CT molecular complexity index is 306. The van der Waals surface area contributed by atoms with E-state index in [2.05, 4.69) is 37.3 Å². The smallest absolute Gasteiger partial charge is 0.0637 e. The number of hydrogen-bond acceptors (Lipinski definition) is 2. The highest BCUT2D eigenvalue weighted by Gasteiger charge is 2.09. The number of aromatic nitrogens is 2. The molecule has 1 N–H and O–H groups in total. The van der Waals surface area contributed by atoms with Gasteiger partial charge in [-0.2, -0.15) is 5.10 Å². The minimum atomic E-state index is 0.661. The Morgan fingerprint density at radius 3 is 2.65 bits per heavy atom. The quantitative estimate of drug-likeness (QED) is 0.753. The van der Waals surface area contributed by atoms with E-state index in [1.54, 1.807) is 0 Å². The van der Waals surface area contributed by atoms with Crippen molar-refractivity contribution in [2.45, 2.75) is 52.5 Å². The fourth-order valence-corrected chi connectivity index (χ4v) is 2.05. The first kappa shape index (κ1) is 14.2. The van der Waals surface area contributed by atoms with Crippen molar-refractivity contribution in [3.8, 4) is 0 Å². The third-order valence-electron chi connectivity index (χ3n) is 3.46. The minimum Gasteiger partial charge on any atom is -0.314 e. The summed E-state index contributed by atoms with van der Waals surface area (Å²) in [6.07, 6.45) is 6.81. The van der Waals surface area contributed by atoms with Gasteiger partial charge in [0.05, 0.1) is 5.69 Å². The average Bonchev–Trinajstić information content (AvgIpc) is 2.73. The summed E-state index contributed by atoms with van der Waals surface area (Å²) in [5, 5.41) is 8.03. The highest BCUT2D eigenvalue weighted by Crippen LogP contribution is 2.11. The van der Waals surface area contributed by atoms with Crippen LogP contribution in [-0.4, -0.2) is 22.4 Å². The molecule has 1 heterocycles. The molecule has 2 atom stereocenters. The first-order valence-corrected chi connectivity index (χ1v) is 6.87. The molecule has 17 heavy (non-hydrogen) atoms. The van der Waals surface area contributed by atoms with Crippen LogP contribution >= 0.6 is 0 Å². The first-order valence-electron chi connectivity index (χ1n) is 6.87. The van der Waals surface area contributed by atoms with Crippen molar-refractivity contribution in [3.63, 3.8) is 0 Å². The molecule has 0 aliphatic heterocycles. The zero-order chi connectivity index (χ0) is 12.7. The maximum Gasteiger partial charge on any atom is 0.0637 e. The SMILES string of the molecule is CCC(C)CC(CC)NCCc1ccn(C)n1. The molecule has 1 rings (SSSR count). The monoisotopic (exact) mass is 237 g/mol. The highest BCUT2D eigenvalue weighted by atomic mass is 15.2. The Labute approximate surface area is 106 Å². The van der Waals surface area contributed by atoms with Gasteiger partial charge >= 0.3 is 0 Å². The molecule has 0 saturated carbocycles. The van der Waals surface area contributed by atoms with Crippen LogP contribution < -0.4 is 5.32 Å². The van der Waals surface area contributed by atoms with Crippen molar-refractivity contribution >= 4 is 0 Å². The van der Waals surface area contributed by atoms with E-state index in [1.807, 2.05) is 17.9 Å². The lowest BCUT2D eigenvalue weighted by Crippen LogP contribution is -2.31. The molecule has 3 heteroatoms. The summed E-state index contributed by atoms with van der Waals surface area (Å²) in [7, 11) is 1.97. The van der Waals surface area contributed by atoms with Gasteiger partial charge in [0, 0.05) is 32.3 Å². The maximum atomic E-state index is 4.39. The van der Waals surface area contributed by atoms with E-state index < -0.39 is 0 Å². The molecular weight excluding hydrogens is 210 g/mol. The molecule has 0 saturated heterocycles. The molecule has 0 aliphatic rings. The Kier molecular flexibility index (Phi) is 6.27. The van der Waals surface area contributed by atoms with Crippen LogP contribution in [0.5, 0.6) is 0 Å². The molecule has 1 aromatic rings. The second-order valence-electron chi connectivity index (χ2n) is 5.04. The minimum absolute atomic E-state index is 0.661. The van der Waals surface area contributed by atoms with Gasteiger partial charge in [0.1, 0.15) is 0 Å². The van der Waals surface area contributed by atoms with Crippen LogP contribution in [0.3, 0.4) is 0 Å². The molecule has 0 aliphatic carbocycles. The summed E-state index contributed by atoms with van der Waals surface area (Å²) in [6.45, 7) is 7.90. The van der Waals surface area contributed by atoms with E-state index in [0.29, 0.717) is 6.04 Å². The zero-order valence-corrected chi connectivity index (χ0v) is 11.7. The van der Waals surface area contributed by atoms with Gasteiger partial charge in [-0.15, -0.1) is 0 Å². The Hall–Kier alpha value is -0.830. The van der Waals surface area contributed by atoms with Crippen molar-refractivity contribution in [1.82, 2.24) is 15.1 Å². The van der Waals surface area contributed by atoms with Crippen LogP contribution in [0.1, 0.15) is 45.7 Å². The predicted molar refractivity (Wildman–Crippen MR) is 73.1 cm³/mol. The third-order valence-corrected chi connectivity index (χ3v) is 3.46. The van der Waals surface area contributed by atoms with Gasteiger partial charge in [-0.1, -0.05) is 27.2 Å². The fraction of sp³-hybridized carbons (Fsp3) is 0.786. The van der Waals surface area contributed by atoms with Crippen molar-refractivity contribution < 1.29 is 0 Å². The summed E-state index contributed by atoms with van der Waals surface area (Å²) in [6, 6.07) is 2.76. The molecule has 0 bridgehead atoms. The largest absolute Gasteiger partial charge is 0.314 e. The number of aryl methyl sites for hydroxylation is 1. The van der Waals surface area contributed by atoms with Crippen molar-refractivity contribution in [2.24, 2.45) is 13.0 Å². The Morgan fingerprint density at radius 1 is 1.35 bits per heavy atom. The van der Waals surface area contributed by atoms with Crippen LogP contribution in [0.4, 0.5) is 0 Å². The molecule has 3 nitrogen and oxygen atoms in total. The second kappa shape index (κ2) is 7.49. The van der Waals surface area contributed by atoms with E-state index >= 15 is 0 Å². The van der Waals surface area contributed by atoms with E-state index in [9.17, 15) is 0 Å². The van der Waals surface area contributed by atoms with Gasteiger partial charge in [-0.25, -0.2) is 0 Å². The molecule has 0 radical (unpaired) electrons. The molecular formula is C14H27N3. The number of hydrogen-bond donors (Lipinski definition) is 1. The van der Waals surface area contributed by atoms with Crippen LogP contribution in [0, 0.1) is 5.92 Å². The second-order valence-corrected chi connectivity index (χ2v) is 5.04. The summed E-state index contributed by atoms with van der Waals surface area (Å²) >= 11 is 0. The van der Waals surface area contributed by atoms with Gasteiger partial charge in [0.15, 0.2) is 0 Å². The van der Waals surface area contributed by atoms with Crippen LogP contribution in [-0.2, 0) is 13.5 Å². The predicted octanol–water partition coefficient (Wildman–Crippen LogP) is 2.77. The topological polar surface area (TPSA) is 29.9 Å².